The molecule has 1 N–H and O–H groups in total. The summed E-state index contributed by atoms with van der Waals surface area (Å²) in [5.41, 5.74) is 2.34. The Labute approximate surface area is 213 Å². The molecule has 0 spiro atoms. The van der Waals surface area contributed by atoms with E-state index >= 15 is 0 Å². The lowest BCUT2D eigenvalue weighted by molar-refractivity contribution is -0.114. The number of methoxy groups -OCH3 is 1. The minimum Gasteiger partial charge on any atom is -0.465 e. The number of hydrogen-bond acceptors (Lipinski definition) is 6. The number of carbonyl (C=O) groups is 2. The Morgan fingerprint density at radius 3 is 2.46 bits per heavy atom. The predicted molar refractivity (Wildman–Crippen MR) is 138 cm³/mol. The molecule has 1 aliphatic carbocycles. The van der Waals surface area contributed by atoms with Gasteiger partial charge in [0.1, 0.15) is 11.5 Å². The van der Waals surface area contributed by atoms with E-state index in [0.29, 0.717) is 10.6 Å². The number of sulfonamides is 1. The molecular weight excluding hydrogens is 508 g/mol. The molecule has 1 aromatic heterocycles. The maximum Gasteiger partial charge on any atom is 0.341 e. The molecule has 3 aromatic rings. The van der Waals surface area contributed by atoms with Crippen molar-refractivity contribution in [1.82, 2.24) is 0 Å². The first-order valence-electron chi connectivity index (χ1n) is 11.1. The average molecular weight is 533 g/mol. The third-order valence-electron chi connectivity index (χ3n) is 5.83. The fraction of sp³-hybridized carbons (Fsp3) is 0.280. The lowest BCUT2D eigenvalue weighted by Crippen LogP contribution is -2.38. The normalized spacial score (nSPS) is 13.1. The van der Waals surface area contributed by atoms with Gasteiger partial charge in [-0.3, -0.25) is 9.10 Å². The third-order valence-corrected chi connectivity index (χ3v) is 9.13. The zero-order valence-corrected chi connectivity index (χ0v) is 21.7. The van der Waals surface area contributed by atoms with Gasteiger partial charge >= 0.3 is 5.97 Å². The number of hydrogen-bond donors (Lipinski definition) is 1. The summed E-state index contributed by atoms with van der Waals surface area (Å²) in [5, 5.41) is 3.33. The highest BCUT2D eigenvalue weighted by molar-refractivity contribution is 7.92. The van der Waals surface area contributed by atoms with Gasteiger partial charge in [-0.2, -0.15) is 0 Å². The molecule has 0 atom stereocenters. The molecule has 1 amide bonds. The van der Waals surface area contributed by atoms with Gasteiger partial charge in [-0.1, -0.05) is 41.4 Å². The van der Waals surface area contributed by atoms with Crippen molar-refractivity contribution in [2.75, 3.05) is 23.3 Å². The van der Waals surface area contributed by atoms with E-state index in [-0.39, 0.29) is 15.6 Å². The Hall–Kier alpha value is -2.88. The van der Waals surface area contributed by atoms with Crippen LogP contribution >= 0.6 is 22.9 Å². The Balaban J connectivity index is 1.69. The van der Waals surface area contributed by atoms with Crippen molar-refractivity contribution in [3.63, 3.8) is 0 Å². The number of nitrogens with zero attached hydrogens (tertiary/aromatic N) is 1. The molecule has 35 heavy (non-hydrogen) atoms. The van der Waals surface area contributed by atoms with Crippen molar-refractivity contribution < 1.29 is 22.7 Å². The summed E-state index contributed by atoms with van der Waals surface area (Å²) in [5.74, 6) is -1.11. The van der Waals surface area contributed by atoms with Crippen molar-refractivity contribution in [2.45, 2.75) is 37.5 Å². The molecule has 0 unspecified atom stereocenters. The first-order chi connectivity index (χ1) is 16.7. The van der Waals surface area contributed by atoms with Crippen LogP contribution in [0.25, 0.3) is 0 Å². The quantitative estimate of drug-likeness (QED) is 0.422. The minimum atomic E-state index is -4.11. The van der Waals surface area contributed by atoms with E-state index in [2.05, 4.69) is 5.32 Å². The van der Waals surface area contributed by atoms with E-state index in [1.54, 1.807) is 36.4 Å². The number of para-hydroxylation sites is 1. The number of anilines is 2. The van der Waals surface area contributed by atoms with Crippen LogP contribution in [0.15, 0.2) is 53.4 Å². The van der Waals surface area contributed by atoms with Crippen molar-refractivity contribution in [3.05, 3.63) is 75.1 Å². The molecule has 0 saturated heterocycles. The lowest BCUT2D eigenvalue weighted by atomic mass is 9.95. The van der Waals surface area contributed by atoms with E-state index in [0.717, 1.165) is 46.0 Å². The fourth-order valence-corrected chi connectivity index (χ4v) is 7.08. The number of halogens is 1. The van der Waals surface area contributed by atoms with Crippen LogP contribution in [0.1, 0.15) is 39.2 Å². The Morgan fingerprint density at radius 1 is 1.09 bits per heavy atom. The van der Waals surface area contributed by atoms with Gasteiger partial charge < -0.3 is 10.1 Å². The summed E-state index contributed by atoms with van der Waals surface area (Å²) in [6.07, 6.45) is 3.53. The molecule has 0 aliphatic heterocycles. The molecule has 1 aliphatic rings. The molecule has 0 saturated carbocycles. The van der Waals surface area contributed by atoms with Gasteiger partial charge in [0.05, 0.1) is 28.3 Å². The van der Waals surface area contributed by atoms with Crippen molar-refractivity contribution >= 4 is 55.5 Å². The smallest absolute Gasteiger partial charge is 0.341 e. The second-order valence-electron chi connectivity index (χ2n) is 8.23. The van der Waals surface area contributed by atoms with Crippen LogP contribution in [0.5, 0.6) is 0 Å². The number of ether oxygens (including phenoxy) is 1. The first-order valence-corrected chi connectivity index (χ1v) is 13.7. The second kappa shape index (κ2) is 10.4. The maximum atomic E-state index is 13.6. The van der Waals surface area contributed by atoms with E-state index < -0.39 is 28.4 Å². The van der Waals surface area contributed by atoms with Crippen LogP contribution in [0.3, 0.4) is 0 Å². The number of fused-ring (bicyclic) bond motifs is 1. The predicted octanol–water partition coefficient (Wildman–Crippen LogP) is 5.21. The number of aryl methyl sites for hydroxylation is 2. The van der Waals surface area contributed by atoms with Crippen LogP contribution in [-0.2, 0) is 32.4 Å². The van der Waals surface area contributed by atoms with Gasteiger partial charge in [0.15, 0.2) is 0 Å². The zero-order valence-electron chi connectivity index (χ0n) is 19.3. The molecular formula is C25H25ClN2O5S2. The van der Waals surface area contributed by atoms with Crippen LogP contribution in [-0.4, -0.2) is 33.9 Å². The summed E-state index contributed by atoms with van der Waals surface area (Å²) in [4.78, 5) is 26.8. The summed E-state index contributed by atoms with van der Waals surface area (Å²) in [6.45, 7) is 1.33. The summed E-state index contributed by atoms with van der Waals surface area (Å²) in [6, 6.07) is 12.8. The molecule has 0 fully saturated rings. The van der Waals surface area contributed by atoms with E-state index in [1.807, 2.05) is 6.92 Å². The monoisotopic (exact) mass is 532 g/mol. The van der Waals surface area contributed by atoms with Crippen molar-refractivity contribution in [3.8, 4) is 0 Å². The molecule has 10 heteroatoms. The highest BCUT2D eigenvalue weighted by Gasteiger charge is 2.31. The third kappa shape index (κ3) is 5.22. The molecule has 4 rings (SSSR count). The van der Waals surface area contributed by atoms with Gasteiger partial charge in [-0.25, -0.2) is 13.2 Å². The van der Waals surface area contributed by atoms with Gasteiger partial charge in [0, 0.05) is 4.88 Å². The number of rotatable bonds is 7. The van der Waals surface area contributed by atoms with Crippen molar-refractivity contribution in [2.24, 2.45) is 0 Å². The highest BCUT2D eigenvalue weighted by Crippen LogP contribution is 2.39. The zero-order chi connectivity index (χ0) is 25.2. The van der Waals surface area contributed by atoms with Crippen LogP contribution in [0, 0.1) is 6.92 Å². The van der Waals surface area contributed by atoms with Gasteiger partial charge in [0.25, 0.3) is 10.0 Å². The standard InChI is InChI=1S/C25H25ClN2O5S2/c1-16-11-13-17(14-12-16)35(31,32)28(20-9-5-4-8-19(20)26)15-22(29)27-24-23(25(30)33-2)18-7-3-6-10-21(18)34-24/h4-5,8-9,11-14H,3,6-7,10,15H2,1-2H3,(H,27,29). The van der Waals surface area contributed by atoms with Crippen molar-refractivity contribution in [1.29, 1.82) is 0 Å². The molecule has 0 bridgehead atoms. The summed E-state index contributed by atoms with van der Waals surface area (Å²) < 4.78 is 33.1. The number of carbonyl (C=O) groups excluding carboxylic acids is 2. The fourth-order valence-electron chi connectivity index (χ4n) is 4.06. The lowest BCUT2D eigenvalue weighted by Gasteiger charge is -2.25. The Kier molecular flexibility index (Phi) is 7.49. The van der Waals surface area contributed by atoms with Crippen LogP contribution in [0.2, 0.25) is 5.02 Å². The molecule has 7 nitrogen and oxygen atoms in total. The highest BCUT2D eigenvalue weighted by atomic mass is 35.5. The molecule has 0 radical (unpaired) electrons. The van der Waals surface area contributed by atoms with E-state index in [9.17, 15) is 18.0 Å². The molecule has 1 heterocycles. The number of esters is 1. The SMILES string of the molecule is COC(=O)c1c(NC(=O)CN(c2ccccc2Cl)S(=O)(=O)c2ccc(C)cc2)sc2c1CCCC2. The Morgan fingerprint density at radius 2 is 1.77 bits per heavy atom. The van der Waals surface area contributed by atoms with E-state index in [1.165, 1.54) is 30.6 Å². The maximum absolute atomic E-state index is 13.6. The molecule has 184 valence electrons. The number of amides is 1. The number of thiophene rings is 1. The average Bonchev–Trinajstić information content (AvgIpc) is 3.20. The molecule has 2 aromatic carbocycles. The van der Waals surface area contributed by atoms with Crippen LogP contribution in [0.4, 0.5) is 10.7 Å². The minimum absolute atomic E-state index is 0.0395. The number of nitrogens with one attached hydrogen (secondary N) is 1. The topological polar surface area (TPSA) is 92.8 Å². The van der Waals surface area contributed by atoms with Gasteiger partial charge in [-0.15, -0.1) is 11.3 Å². The van der Waals surface area contributed by atoms with Gasteiger partial charge in [-0.05, 0) is 62.4 Å². The van der Waals surface area contributed by atoms with Gasteiger partial charge in [0.2, 0.25) is 5.91 Å². The largest absolute Gasteiger partial charge is 0.465 e. The Bertz CT molecular complexity index is 1370. The number of benzene rings is 2. The van der Waals surface area contributed by atoms with Crippen LogP contribution < -0.4 is 9.62 Å². The summed E-state index contributed by atoms with van der Waals surface area (Å²) >= 11 is 7.68. The first kappa shape index (κ1) is 25.2. The van der Waals surface area contributed by atoms with E-state index in [4.69, 9.17) is 16.3 Å². The second-order valence-corrected chi connectivity index (χ2v) is 11.6. The summed E-state index contributed by atoms with van der Waals surface area (Å²) in [7, 11) is -2.81.